The molecule has 1 amide bonds. The lowest BCUT2D eigenvalue weighted by atomic mass is 10.1. The Hall–Kier alpha value is -3.80. The number of carboxylic acid groups (broad SMARTS) is 1. The maximum absolute atomic E-state index is 12.5. The van der Waals surface area contributed by atoms with Gasteiger partial charge in [0.25, 0.3) is 5.91 Å². The fourth-order valence-electron chi connectivity index (χ4n) is 2.19. The van der Waals surface area contributed by atoms with Gasteiger partial charge in [0.2, 0.25) is 0 Å². The van der Waals surface area contributed by atoms with E-state index < -0.39 is 29.3 Å². The van der Waals surface area contributed by atoms with Crippen LogP contribution in [-0.2, 0) is 9.53 Å². The van der Waals surface area contributed by atoms with Crippen LogP contribution < -0.4 is 11.1 Å². The monoisotopic (exact) mass is 433 g/mol. The molecule has 0 atom stereocenters. The number of nitrogen functional groups attached to an aromatic ring is 1. The molecular formula is C18H19N5O6S. The third-order valence-corrected chi connectivity index (χ3v) is 4.60. The highest BCUT2D eigenvalue weighted by Gasteiger charge is 2.20. The maximum Gasteiger partial charge on any atom is 0.350 e. The predicted octanol–water partition coefficient (Wildman–Crippen LogP) is 3.42. The number of aromatic carboxylic acids is 1. The molecule has 0 aliphatic heterocycles. The molecule has 11 nitrogen and oxygen atoms in total. The number of aryl methyl sites for hydroxylation is 1. The van der Waals surface area contributed by atoms with Crippen molar-refractivity contribution in [2.24, 2.45) is 10.2 Å². The van der Waals surface area contributed by atoms with Crippen molar-refractivity contribution in [1.82, 2.24) is 4.98 Å². The molecule has 1 aromatic carbocycles. The van der Waals surface area contributed by atoms with Gasteiger partial charge in [0, 0.05) is 5.69 Å². The quantitative estimate of drug-likeness (QED) is 0.169. The fourth-order valence-corrected chi connectivity index (χ4v) is 3.05. The van der Waals surface area contributed by atoms with E-state index >= 15 is 0 Å². The molecule has 5 N–H and O–H groups in total. The number of aliphatic hydroxyl groups excluding tert-OH is 1. The third-order valence-electron chi connectivity index (χ3n) is 3.54. The van der Waals surface area contributed by atoms with Crippen molar-refractivity contribution in [3.63, 3.8) is 0 Å². The van der Waals surface area contributed by atoms with Crippen molar-refractivity contribution in [3.8, 4) is 0 Å². The number of azo groups is 1. The zero-order chi connectivity index (χ0) is 22.4. The standard InChI is InChI=1S/C18H19N5O6S/c1-4-29-17(28)14-8(2)20-18(30-14)21-15(25)13(9(3)24)23-22-12-6-5-10(19)7-11(12)16(26)27/h5-7,24H,4,19H2,1-3H3,(H,26,27)(H,20,21,25). The molecular weight excluding hydrogens is 414 g/mol. The highest BCUT2D eigenvalue weighted by Crippen LogP contribution is 2.26. The summed E-state index contributed by atoms with van der Waals surface area (Å²) in [5, 5.41) is 29.0. The number of nitrogens with two attached hydrogens (primary N) is 1. The number of allylic oxidation sites excluding steroid dienone is 1. The number of thiazole rings is 1. The van der Waals surface area contributed by atoms with Crippen LogP contribution in [-0.4, -0.2) is 39.6 Å². The summed E-state index contributed by atoms with van der Waals surface area (Å²) in [6.07, 6.45) is 0. The summed E-state index contributed by atoms with van der Waals surface area (Å²) < 4.78 is 4.92. The number of hydrogen-bond donors (Lipinski definition) is 4. The summed E-state index contributed by atoms with van der Waals surface area (Å²) in [4.78, 5) is 40.0. The Morgan fingerprint density at radius 1 is 1.30 bits per heavy atom. The minimum atomic E-state index is -1.28. The first-order valence-corrected chi connectivity index (χ1v) is 9.36. The second-order valence-corrected chi connectivity index (χ2v) is 6.82. The fraction of sp³-hybridized carbons (Fsp3) is 0.222. The minimum absolute atomic E-state index is 0.0575. The van der Waals surface area contributed by atoms with Crippen molar-refractivity contribution in [3.05, 3.63) is 45.8 Å². The summed E-state index contributed by atoms with van der Waals surface area (Å²) in [7, 11) is 0. The van der Waals surface area contributed by atoms with Crippen LogP contribution in [0.1, 0.15) is 39.6 Å². The molecule has 0 bridgehead atoms. The molecule has 0 saturated heterocycles. The molecule has 0 fully saturated rings. The average molecular weight is 433 g/mol. The van der Waals surface area contributed by atoms with Crippen molar-refractivity contribution in [2.75, 3.05) is 17.7 Å². The van der Waals surface area contributed by atoms with Crippen LogP contribution in [0.5, 0.6) is 0 Å². The number of hydrogen-bond acceptors (Lipinski definition) is 10. The number of rotatable bonds is 7. The molecule has 30 heavy (non-hydrogen) atoms. The largest absolute Gasteiger partial charge is 0.510 e. The molecule has 2 rings (SSSR count). The van der Waals surface area contributed by atoms with E-state index in [0.717, 1.165) is 11.3 Å². The SMILES string of the molecule is CCOC(=O)c1sc(NC(=O)C(N=Nc2ccc(N)cc2C(=O)O)=C(C)O)nc1C. The van der Waals surface area contributed by atoms with Crippen LogP contribution in [0.25, 0.3) is 0 Å². The molecule has 1 heterocycles. The van der Waals surface area contributed by atoms with Crippen LogP contribution in [0.3, 0.4) is 0 Å². The van der Waals surface area contributed by atoms with Crippen LogP contribution in [0, 0.1) is 6.92 Å². The van der Waals surface area contributed by atoms with Crippen molar-refractivity contribution in [2.45, 2.75) is 20.8 Å². The smallest absolute Gasteiger partial charge is 0.350 e. The van der Waals surface area contributed by atoms with Gasteiger partial charge in [0.15, 0.2) is 10.8 Å². The number of nitrogens with one attached hydrogen (secondary N) is 1. The molecule has 0 unspecified atom stereocenters. The Kier molecular flexibility index (Phi) is 7.20. The topological polar surface area (TPSA) is 177 Å². The minimum Gasteiger partial charge on any atom is -0.510 e. The van der Waals surface area contributed by atoms with Gasteiger partial charge >= 0.3 is 11.9 Å². The van der Waals surface area contributed by atoms with E-state index in [1.54, 1.807) is 13.8 Å². The van der Waals surface area contributed by atoms with Crippen molar-refractivity contribution < 1.29 is 29.3 Å². The summed E-state index contributed by atoms with van der Waals surface area (Å²) in [6.45, 7) is 4.66. The molecule has 0 saturated carbocycles. The number of aliphatic hydroxyl groups is 1. The number of carbonyl (C=O) groups is 3. The summed E-state index contributed by atoms with van der Waals surface area (Å²) in [5.41, 5.74) is 5.42. The average Bonchev–Trinajstić information content (AvgIpc) is 3.02. The molecule has 0 radical (unpaired) electrons. The number of amides is 1. The van der Waals surface area contributed by atoms with Crippen molar-refractivity contribution in [1.29, 1.82) is 0 Å². The molecule has 1 aromatic heterocycles. The molecule has 0 spiro atoms. The first-order chi connectivity index (χ1) is 14.1. The Morgan fingerprint density at radius 2 is 2.00 bits per heavy atom. The van der Waals surface area contributed by atoms with Gasteiger partial charge in [-0.05, 0) is 39.0 Å². The van der Waals surface area contributed by atoms with Gasteiger partial charge in [-0.25, -0.2) is 14.6 Å². The second kappa shape index (κ2) is 9.60. The summed E-state index contributed by atoms with van der Waals surface area (Å²) in [5.74, 6) is -3.15. The normalized spacial score (nSPS) is 11.8. The Bertz CT molecular complexity index is 1060. The van der Waals surface area contributed by atoms with Crippen LogP contribution >= 0.6 is 11.3 Å². The second-order valence-electron chi connectivity index (χ2n) is 5.82. The first kappa shape index (κ1) is 22.5. The van der Waals surface area contributed by atoms with Gasteiger partial charge in [-0.1, -0.05) is 11.3 Å². The van der Waals surface area contributed by atoms with Gasteiger partial charge in [-0.3, -0.25) is 10.1 Å². The first-order valence-electron chi connectivity index (χ1n) is 8.54. The number of esters is 1. The number of carboxylic acids is 1. The molecule has 2 aromatic rings. The van der Waals surface area contributed by atoms with E-state index in [9.17, 15) is 24.6 Å². The van der Waals surface area contributed by atoms with E-state index in [2.05, 4.69) is 20.5 Å². The van der Waals surface area contributed by atoms with E-state index in [4.69, 9.17) is 10.5 Å². The number of benzene rings is 1. The van der Waals surface area contributed by atoms with Crippen LogP contribution in [0.2, 0.25) is 0 Å². The third kappa shape index (κ3) is 5.38. The Morgan fingerprint density at radius 3 is 2.60 bits per heavy atom. The van der Waals surface area contributed by atoms with Gasteiger partial charge in [0.1, 0.15) is 16.3 Å². The number of nitrogens with zero attached hydrogens (tertiary/aromatic N) is 3. The zero-order valence-corrected chi connectivity index (χ0v) is 17.1. The van der Waals surface area contributed by atoms with Crippen molar-refractivity contribution >= 4 is 45.7 Å². The van der Waals surface area contributed by atoms with Crippen LogP contribution in [0.4, 0.5) is 16.5 Å². The Labute approximate surface area is 174 Å². The summed E-state index contributed by atoms with van der Waals surface area (Å²) in [6, 6.07) is 3.94. The molecule has 0 aliphatic carbocycles. The van der Waals surface area contributed by atoms with Gasteiger partial charge < -0.3 is 20.7 Å². The summed E-state index contributed by atoms with van der Waals surface area (Å²) >= 11 is 0.902. The predicted molar refractivity (Wildman–Crippen MR) is 109 cm³/mol. The maximum atomic E-state index is 12.5. The van der Waals surface area contributed by atoms with E-state index in [1.165, 1.54) is 25.1 Å². The van der Waals surface area contributed by atoms with Gasteiger partial charge in [0.05, 0.1) is 17.9 Å². The lowest BCUT2D eigenvalue weighted by Crippen LogP contribution is -2.14. The van der Waals surface area contributed by atoms with Crippen LogP contribution in [0.15, 0.2) is 39.9 Å². The zero-order valence-electron chi connectivity index (χ0n) is 16.3. The number of aromatic nitrogens is 1. The van der Waals surface area contributed by atoms with Gasteiger partial charge in [-0.15, -0.1) is 10.2 Å². The van der Waals surface area contributed by atoms with E-state index in [-0.39, 0.29) is 33.6 Å². The van der Waals surface area contributed by atoms with Gasteiger partial charge in [-0.2, -0.15) is 0 Å². The Balaban J connectivity index is 2.26. The number of ether oxygens (including phenoxy) is 1. The van der Waals surface area contributed by atoms with E-state index in [1.807, 2.05) is 0 Å². The highest BCUT2D eigenvalue weighted by atomic mass is 32.1. The molecule has 12 heteroatoms. The molecule has 0 aliphatic rings. The highest BCUT2D eigenvalue weighted by molar-refractivity contribution is 7.17. The lowest BCUT2D eigenvalue weighted by Gasteiger charge is -2.04. The van der Waals surface area contributed by atoms with E-state index in [0.29, 0.717) is 5.69 Å². The lowest BCUT2D eigenvalue weighted by molar-refractivity contribution is -0.113. The molecule has 158 valence electrons. The number of carbonyl (C=O) groups excluding carboxylic acids is 2. The number of anilines is 2.